The molecule has 5 rings (SSSR count). The first-order valence-electron chi connectivity index (χ1n) is 13.3. The number of amides is 1. The molecule has 2 aromatic carbocycles. The first-order chi connectivity index (χ1) is 18.2. The summed E-state index contributed by atoms with van der Waals surface area (Å²) in [5.74, 6) is 0.377. The Bertz CT molecular complexity index is 1370. The highest BCUT2D eigenvalue weighted by molar-refractivity contribution is 7.16. The summed E-state index contributed by atoms with van der Waals surface area (Å²) in [4.78, 5) is 33.1. The van der Waals surface area contributed by atoms with Crippen LogP contribution in [0.15, 0.2) is 53.5 Å². The van der Waals surface area contributed by atoms with E-state index in [1.165, 1.54) is 4.88 Å². The van der Waals surface area contributed by atoms with Crippen molar-refractivity contribution in [3.05, 3.63) is 80.2 Å². The molecule has 3 aromatic rings. The third-order valence-corrected chi connectivity index (χ3v) is 8.87. The number of nitro benzene ring substituents is 1. The molecule has 0 spiro atoms. The van der Waals surface area contributed by atoms with Gasteiger partial charge in [0.1, 0.15) is 10.7 Å². The minimum Gasteiger partial charge on any atom is -0.366 e. The van der Waals surface area contributed by atoms with Crippen LogP contribution in [0.4, 0.5) is 22.1 Å². The maximum atomic E-state index is 13.5. The summed E-state index contributed by atoms with van der Waals surface area (Å²) in [5.41, 5.74) is 4.04. The van der Waals surface area contributed by atoms with Gasteiger partial charge in [0.15, 0.2) is 0 Å². The summed E-state index contributed by atoms with van der Waals surface area (Å²) in [6, 6.07) is 14.7. The lowest BCUT2D eigenvalue weighted by Gasteiger charge is -2.33. The second kappa shape index (κ2) is 10.7. The van der Waals surface area contributed by atoms with E-state index in [0.717, 1.165) is 56.4 Å². The fourth-order valence-corrected chi connectivity index (χ4v) is 6.75. The van der Waals surface area contributed by atoms with E-state index in [1.54, 1.807) is 23.6 Å². The molecular formula is C30H34N4O3S. The van der Waals surface area contributed by atoms with Crippen LogP contribution >= 0.6 is 11.3 Å². The van der Waals surface area contributed by atoms with Crippen LogP contribution in [-0.4, -0.2) is 30.1 Å². The molecule has 0 saturated carbocycles. The number of nitrogens with zero attached hydrogens (tertiary/aromatic N) is 3. The number of carbonyl (C=O) groups excluding carboxylic acids is 1. The molecule has 1 aromatic heterocycles. The third-order valence-electron chi connectivity index (χ3n) is 7.70. The van der Waals surface area contributed by atoms with Crippen LogP contribution in [0.25, 0.3) is 0 Å². The summed E-state index contributed by atoms with van der Waals surface area (Å²) in [6.07, 6.45) is 6.56. The minimum absolute atomic E-state index is 0.0939. The number of nitrogens with one attached hydrogen (secondary N) is 1. The van der Waals surface area contributed by atoms with Gasteiger partial charge in [0.25, 0.3) is 11.6 Å². The predicted molar refractivity (Wildman–Crippen MR) is 155 cm³/mol. The lowest BCUT2D eigenvalue weighted by molar-refractivity contribution is -0.384. The molecule has 1 aliphatic heterocycles. The number of thiophene rings is 1. The topological polar surface area (TPSA) is 87.8 Å². The second-order valence-electron chi connectivity index (χ2n) is 11.3. The van der Waals surface area contributed by atoms with Crippen molar-refractivity contribution in [2.24, 2.45) is 16.3 Å². The SMILES string of the molecule is CC(C)(C)[C@@H]1CCc2c(sc(N=Cc3ccc(N4CCCC4)c([N+](=O)[O-])c3)c2C(=O)Nc2ccccc2)C1. The Balaban J connectivity index is 1.49. The van der Waals surface area contributed by atoms with E-state index in [4.69, 9.17) is 4.99 Å². The molecule has 1 atom stereocenters. The van der Waals surface area contributed by atoms with Gasteiger partial charge in [-0.05, 0) is 72.8 Å². The number of hydrogen-bond acceptors (Lipinski definition) is 6. The summed E-state index contributed by atoms with van der Waals surface area (Å²) >= 11 is 1.57. The standard InChI is InChI=1S/C30H34N4O3S/c1-30(2,3)21-12-13-23-26(18-21)38-29(27(23)28(35)32-22-9-5-4-6-10-22)31-19-20-11-14-24(25(17-20)34(36)37)33-15-7-8-16-33/h4-6,9-11,14,17,19,21H,7-8,12-13,15-16,18H2,1-3H3,(H,32,35)/t21-/m1/s1. The van der Waals surface area contributed by atoms with Crippen LogP contribution in [0.5, 0.6) is 0 Å². The summed E-state index contributed by atoms with van der Waals surface area (Å²) in [5, 5.41) is 15.5. The van der Waals surface area contributed by atoms with Crippen LogP contribution in [-0.2, 0) is 12.8 Å². The molecule has 8 heteroatoms. The Morgan fingerprint density at radius 1 is 1.16 bits per heavy atom. The van der Waals surface area contributed by atoms with E-state index in [1.807, 2.05) is 42.5 Å². The van der Waals surface area contributed by atoms with E-state index in [0.29, 0.717) is 27.7 Å². The molecule has 1 saturated heterocycles. The van der Waals surface area contributed by atoms with E-state index in [2.05, 4.69) is 31.0 Å². The van der Waals surface area contributed by atoms with Crippen molar-refractivity contribution in [3.8, 4) is 0 Å². The van der Waals surface area contributed by atoms with Gasteiger partial charge in [0, 0.05) is 35.9 Å². The van der Waals surface area contributed by atoms with Crippen molar-refractivity contribution in [2.75, 3.05) is 23.3 Å². The number of carbonyl (C=O) groups is 1. The molecule has 38 heavy (non-hydrogen) atoms. The molecule has 198 valence electrons. The zero-order valence-electron chi connectivity index (χ0n) is 22.2. The largest absolute Gasteiger partial charge is 0.366 e. The van der Waals surface area contributed by atoms with Crippen molar-refractivity contribution in [1.82, 2.24) is 0 Å². The zero-order chi connectivity index (χ0) is 26.9. The molecule has 7 nitrogen and oxygen atoms in total. The molecular weight excluding hydrogens is 496 g/mol. The highest BCUT2D eigenvalue weighted by atomic mass is 32.1. The van der Waals surface area contributed by atoms with E-state index in [9.17, 15) is 14.9 Å². The van der Waals surface area contributed by atoms with Gasteiger partial charge in [-0.3, -0.25) is 14.9 Å². The van der Waals surface area contributed by atoms with Gasteiger partial charge in [0.2, 0.25) is 0 Å². The Labute approximate surface area is 227 Å². The zero-order valence-corrected chi connectivity index (χ0v) is 23.0. The number of rotatable bonds is 6. The summed E-state index contributed by atoms with van der Waals surface area (Å²) < 4.78 is 0. The summed E-state index contributed by atoms with van der Waals surface area (Å²) in [6.45, 7) is 8.50. The fraction of sp³-hybridized carbons (Fsp3) is 0.400. The molecule has 0 bridgehead atoms. The molecule has 2 heterocycles. The quantitative estimate of drug-likeness (QED) is 0.204. The van der Waals surface area contributed by atoms with Crippen molar-refractivity contribution in [1.29, 1.82) is 0 Å². The highest BCUT2D eigenvalue weighted by Gasteiger charge is 2.33. The Hall–Kier alpha value is -3.52. The number of para-hydroxylation sites is 1. The highest BCUT2D eigenvalue weighted by Crippen LogP contribution is 2.45. The number of anilines is 2. The van der Waals surface area contributed by atoms with Gasteiger partial charge in [-0.25, -0.2) is 4.99 Å². The monoisotopic (exact) mass is 530 g/mol. The van der Waals surface area contributed by atoms with E-state index < -0.39 is 0 Å². The second-order valence-corrected chi connectivity index (χ2v) is 12.4. The van der Waals surface area contributed by atoms with Gasteiger partial charge in [-0.15, -0.1) is 11.3 Å². The summed E-state index contributed by atoms with van der Waals surface area (Å²) in [7, 11) is 0. The van der Waals surface area contributed by atoms with E-state index in [-0.39, 0.29) is 21.9 Å². The molecule has 2 aliphatic rings. The Morgan fingerprint density at radius 3 is 2.58 bits per heavy atom. The maximum absolute atomic E-state index is 13.5. The fourth-order valence-electron chi connectivity index (χ4n) is 5.48. The van der Waals surface area contributed by atoms with Gasteiger partial charge < -0.3 is 10.2 Å². The third kappa shape index (κ3) is 5.50. The Kier molecular flexibility index (Phi) is 7.34. The van der Waals surface area contributed by atoms with Crippen molar-refractivity contribution >= 4 is 45.5 Å². The first-order valence-corrected chi connectivity index (χ1v) is 14.1. The Morgan fingerprint density at radius 2 is 1.89 bits per heavy atom. The lowest BCUT2D eigenvalue weighted by atomic mass is 9.72. The molecule has 0 radical (unpaired) electrons. The van der Waals surface area contributed by atoms with Crippen molar-refractivity contribution in [2.45, 2.75) is 52.9 Å². The van der Waals surface area contributed by atoms with Gasteiger partial charge in [0.05, 0.1) is 10.5 Å². The van der Waals surface area contributed by atoms with Crippen LogP contribution in [0.2, 0.25) is 0 Å². The smallest absolute Gasteiger partial charge is 0.293 e. The van der Waals surface area contributed by atoms with Crippen molar-refractivity contribution in [3.63, 3.8) is 0 Å². The van der Waals surface area contributed by atoms with Gasteiger partial charge >= 0.3 is 0 Å². The van der Waals surface area contributed by atoms with Crippen LogP contribution in [0.3, 0.4) is 0 Å². The normalized spacial score (nSPS) is 17.6. The number of benzene rings is 2. The number of aliphatic imine (C=N–C) groups is 1. The first kappa shape index (κ1) is 26.1. The molecule has 1 amide bonds. The van der Waals surface area contributed by atoms with Gasteiger partial charge in [-0.2, -0.15) is 0 Å². The van der Waals surface area contributed by atoms with Crippen LogP contribution < -0.4 is 10.2 Å². The number of nitro groups is 1. The molecule has 1 aliphatic carbocycles. The predicted octanol–water partition coefficient (Wildman–Crippen LogP) is 7.41. The lowest BCUT2D eigenvalue weighted by Crippen LogP contribution is -2.27. The molecule has 1 fully saturated rings. The molecule has 0 unspecified atom stereocenters. The van der Waals surface area contributed by atoms with Gasteiger partial charge in [-0.1, -0.05) is 45.0 Å². The van der Waals surface area contributed by atoms with Crippen molar-refractivity contribution < 1.29 is 9.72 Å². The molecule has 1 N–H and O–H groups in total. The minimum atomic E-state index is -0.319. The average molecular weight is 531 g/mol. The number of fused-ring (bicyclic) bond motifs is 1. The van der Waals surface area contributed by atoms with E-state index >= 15 is 0 Å². The number of hydrogen-bond donors (Lipinski definition) is 1. The van der Waals surface area contributed by atoms with Crippen LogP contribution in [0.1, 0.15) is 66.4 Å². The average Bonchev–Trinajstić information content (AvgIpc) is 3.55. The maximum Gasteiger partial charge on any atom is 0.293 e. The van der Waals surface area contributed by atoms with Crippen LogP contribution in [0, 0.1) is 21.4 Å².